The lowest BCUT2D eigenvalue weighted by molar-refractivity contribution is -0.127. The highest BCUT2D eigenvalue weighted by molar-refractivity contribution is 5.81. The molecule has 0 atom stereocenters. The highest BCUT2D eigenvalue weighted by atomic mass is 16.2. The first-order chi connectivity index (χ1) is 9.51. The minimum atomic E-state index is 0.106. The van der Waals surface area contributed by atoms with Crippen LogP contribution in [0.15, 0.2) is 6.07 Å². The van der Waals surface area contributed by atoms with Crippen LogP contribution in [0.2, 0.25) is 0 Å². The maximum atomic E-state index is 12.0. The van der Waals surface area contributed by atoms with E-state index in [1.165, 1.54) is 0 Å². The quantitative estimate of drug-likeness (QED) is 0.620. The van der Waals surface area contributed by atoms with Gasteiger partial charge in [0.2, 0.25) is 5.91 Å². The number of nitrogens with zero attached hydrogens (tertiary/aromatic N) is 4. The molecular formula is C13H22N6O. The molecule has 0 saturated carbocycles. The summed E-state index contributed by atoms with van der Waals surface area (Å²) in [5.41, 5.74) is 2.56. The normalized spacial score (nSPS) is 16.6. The number of aromatic nitrogens is 2. The monoisotopic (exact) mass is 278 g/mol. The zero-order chi connectivity index (χ0) is 14.7. The van der Waals surface area contributed by atoms with Crippen molar-refractivity contribution in [1.29, 1.82) is 0 Å². The molecule has 1 amide bonds. The second-order valence-corrected chi connectivity index (χ2v) is 5.36. The number of nitrogen functional groups attached to an aromatic ring is 1. The van der Waals surface area contributed by atoms with E-state index in [4.69, 9.17) is 5.84 Å². The van der Waals surface area contributed by atoms with Gasteiger partial charge >= 0.3 is 0 Å². The fourth-order valence-electron chi connectivity index (χ4n) is 2.13. The van der Waals surface area contributed by atoms with Gasteiger partial charge in [0.25, 0.3) is 0 Å². The van der Waals surface area contributed by atoms with E-state index < -0.39 is 0 Å². The largest absolute Gasteiger partial charge is 0.347 e. The Morgan fingerprint density at radius 2 is 2.10 bits per heavy atom. The maximum Gasteiger partial charge on any atom is 0.241 e. The molecule has 0 spiro atoms. The van der Waals surface area contributed by atoms with E-state index in [0.717, 1.165) is 31.2 Å². The van der Waals surface area contributed by atoms with E-state index in [9.17, 15) is 4.79 Å². The molecule has 1 aliphatic rings. The van der Waals surface area contributed by atoms with Crippen LogP contribution in [0.3, 0.4) is 0 Å². The Kier molecular flexibility index (Phi) is 4.39. The molecule has 1 aliphatic heterocycles. The van der Waals surface area contributed by atoms with Gasteiger partial charge in [-0.3, -0.25) is 4.79 Å². The zero-order valence-electron chi connectivity index (χ0n) is 12.3. The van der Waals surface area contributed by atoms with E-state index in [0.29, 0.717) is 12.4 Å². The molecule has 3 N–H and O–H groups in total. The summed E-state index contributed by atoms with van der Waals surface area (Å²) < 4.78 is 0. The molecule has 0 aliphatic carbocycles. The predicted octanol–water partition coefficient (Wildman–Crippen LogP) is 0.554. The lowest BCUT2D eigenvalue weighted by atomic mass is 10.2. The van der Waals surface area contributed by atoms with E-state index in [1.54, 1.807) is 11.0 Å². The number of hydrogen-bond donors (Lipinski definition) is 2. The van der Waals surface area contributed by atoms with Crippen molar-refractivity contribution in [2.45, 2.75) is 26.2 Å². The van der Waals surface area contributed by atoms with Gasteiger partial charge in [-0.1, -0.05) is 13.8 Å². The van der Waals surface area contributed by atoms with Crippen LogP contribution in [0.4, 0.5) is 11.6 Å². The summed E-state index contributed by atoms with van der Waals surface area (Å²) in [6.07, 6.45) is 0.925. The van der Waals surface area contributed by atoms with Gasteiger partial charge in [0, 0.05) is 32.1 Å². The van der Waals surface area contributed by atoms with E-state index in [1.807, 2.05) is 25.8 Å². The lowest BCUT2D eigenvalue weighted by Gasteiger charge is -2.22. The summed E-state index contributed by atoms with van der Waals surface area (Å²) in [7, 11) is 1.83. The Balaban J connectivity index is 2.30. The lowest BCUT2D eigenvalue weighted by Crippen LogP contribution is -2.35. The number of anilines is 2. The van der Waals surface area contributed by atoms with Gasteiger partial charge in [-0.05, 0) is 6.42 Å². The fraction of sp³-hybridized carbons (Fsp3) is 0.615. The number of nitrogens with one attached hydrogen (secondary N) is 1. The second-order valence-electron chi connectivity index (χ2n) is 5.36. The molecular weight excluding hydrogens is 256 g/mol. The first-order valence-electron chi connectivity index (χ1n) is 6.85. The van der Waals surface area contributed by atoms with Gasteiger partial charge in [-0.25, -0.2) is 15.8 Å². The molecule has 7 heteroatoms. The third kappa shape index (κ3) is 3.16. The second kappa shape index (κ2) is 6.04. The zero-order valence-corrected chi connectivity index (χ0v) is 12.3. The Bertz CT molecular complexity index is 490. The fourth-order valence-corrected chi connectivity index (χ4v) is 2.13. The van der Waals surface area contributed by atoms with Crippen LogP contribution < -0.4 is 16.2 Å². The van der Waals surface area contributed by atoms with E-state index >= 15 is 0 Å². The number of amides is 1. The standard InChI is InChI=1S/C13H22N6O/c1-9(2)13-15-10(17-14)7-11(16-13)19-6-4-5-18(3)12(20)8-19/h7,9H,4-6,8,14H2,1-3H3,(H,15,16,17). The number of nitrogens with two attached hydrogens (primary N) is 1. The number of carbonyl (C=O) groups is 1. The van der Waals surface area contributed by atoms with Crippen molar-refractivity contribution >= 4 is 17.5 Å². The minimum Gasteiger partial charge on any atom is -0.347 e. The molecule has 2 rings (SSSR count). The first kappa shape index (κ1) is 14.5. The third-order valence-electron chi connectivity index (χ3n) is 3.39. The minimum absolute atomic E-state index is 0.106. The van der Waals surface area contributed by atoms with Crippen molar-refractivity contribution in [1.82, 2.24) is 14.9 Å². The highest BCUT2D eigenvalue weighted by Crippen LogP contribution is 2.20. The topological polar surface area (TPSA) is 87.4 Å². The number of likely N-dealkylation sites (N-methyl/N-ethyl adjacent to an activating group) is 1. The first-order valence-corrected chi connectivity index (χ1v) is 6.85. The summed E-state index contributed by atoms with van der Waals surface area (Å²) in [5, 5.41) is 0. The average molecular weight is 278 g/mol. The van der Waals surface area contributed by atoms with Crippen LogP contribution in [0.1, 0.15) is 32.0 Å². The third-order valence-corrected chi connectivity index (χ3v) is 3.39. The Morgan fingerprint density at radius 1 is 1.35 bits per heavy atom. The molecule has 7 nitrogen and oxygen atoms in total. The van der Waals surface area contributed by atoms with Crippen molar-refractivity contribution in [2.75, 3.05) is 37.0 Å². The van der Waals surface area contributed by atoms with Gasteiger partial charge in [-0.2, -0.15) is 0 Å². The van der Waals surface area contributed by atoms with Gasteiger partial charge < -0.3 is 15.2 Å². The van der Waals surface area contributed by atoms with Crippen molar-refractivity contribution in [3.8, 4) is 0 Å². The molecule has 0 unspecified atom stereocenters. The van der Waals surface area contributed by atoms with Crippen molar-refractivity contribution in [3.05, 3.63) is 11.9 Å². The van der Waals surface area contributed by atoms with Gasteiger partial charge in [0.05, 0.1) is 6.54 Å². The smallest absolute Gasteiger partial charge is 0.241 e. The molecule has 110 valence electrons. The Labute approximate surface area is 119 Å². The molecule has 0 radical (unpaired) electrons. The van der Waals surface area contributed by atoms with Gasteiger partial charge in [-0.15, -0.1) is 0 Å². The molecule has 20 heavy (non-hydrogen) atoms. The summed E-state index contributed by atoms with van der Waals surface area (Å²) in [5.74, 6) is 7.82. The van der Waals surface area contributed by atoms with Crippen LogP contribution in [0.25, 0.3) is 0 Å². The van der Waals surface area contributed by atoms with Crippen LogP contribution >= 0.6 is 0 Å². The van der Waals surface area contributed by atoms with Crippen LogP contribution in [-0.4, -0.2) is 47.5 Å². The number of hydrazine groups is 1. The van der Waals surface area contributed by atoms with Crippen molar-refractivity contribution in [2.24, 2.45) is 5.84 Å². The van der Waals surface area contributed by atoms with Crippen LogP contribution in [-0.2, 0) is 4.79 Å². The SMILES string of the molecule is CC(C)c1nc(NN)cc(N2CCCN(C)C(=O)C2)n1. The summed E-state index contributed by atoms with van der Waals surface area (Å²) >= 11 is 0. The summed E-state index contributed by atoms with van der Waals surface area (Å²) in [6.45, 7) is 5.98. The Morgan fingerprint density at radius 3 is 2.75 bits per heavy atom. The van der Waals surface area contributed by atoms with Crippen molar-refractivity contribution < 1.29 is 4.79 Å². The number of hydrogen-bond acceptors (Lipinski definition) is 6. The van der Waals surface area contributed by atoms with Crippen molar-refractivity contribution in [3.63, 3.8) is 0 Å². The van der Waals surface area contributed by atoms with E-state index in [-0.39, 0.29) is 11.8 Å². The van der Waals surface area contributed by atoms with Gasteiger partial charge in [0.1, 0.15) is 17.5 Å². The predicted molar refractivity (Wildman–Crippen MR) is 78.4 cm³/mol. The number of carbonyl (C=O) groups excluding carboxylic acids is 1. The van der Waals surface area contributed by atoms with Gasteiger partial charge in [0.15, 0.2) is 0 Å². The van der Waals surface area contributed by atoms with E-state index in [2.05, 4.69) is 15.4 Å². The highest BCUT2D eigenvalue weighted by Gasteiger charge is 2.21. The molecule has 2 heterocycles. The van der Waals surface area contributed by atoms with Crippen LogP contribution in [0, 0.1) is 0 Å². The molecule has 1 fully saturated rings. The molecule has 0 aromatic carbocycles. The molecule has 1 aromatic rings. The summed E-state index contributed by atoms with van der Waals surface area (Å²) in [6, 6.07) is 1.78. The Hall–Kier alpha value is -1.89. The van der Waals surface area contributed by atoms with Crippen LogP contribution in [0.5, 0.6) is 0 Å². The average Bonchev–Trinajstić information content (AvgIpc) is 2.60. The molecule has 1 saturated heterocycles. The molecule has 1 aromatic heterocycles. The molecule has 0 bridgehead atoms. The maximum absolute atomic E-state index is 12.0. The number of rotatable bonds is 3. The summed E-state index contributed by atoms with van der Waals surface area (Å²) in [4.78, 5) is 24.6.